The standard InChI is InChI=1S/C4H3BN3/c1-5(3-6,4-7)8-2/h1H3/q-1. The summed E-state index contributed by atoms with van der Waals surface area (Å²) in [6.45, 7) is 7.70. The average Bonchev–Trinajstić information content (AvgIpc) is 1.87. The van der Waals surface area contributed by atoms with Crippen molar-refractivity contribution >= 4 is 6.28 Å². The zero-order valence-corrected chi connectivity index (χ0v) is 4.42. The molecule has 0 heterocycles. The monoisotopic (exact) mass is 104 g/mol. The van der Waals surface area contributed by atoms with Gasteiger partial charge in [-0.2, -0.15) is 0 Å². The van der Waals surface area contributed by atoms with Crippen molar-refractivity contribution in [3.63, 3.8) is 0 Å². The molecule has 0 fully saturated rings. The normalized spacial score (nSPS) is 8.25. The topological polar surface area (TPSA) is 51.9 Å². The molecule has 0 aromatic rings. The molecular weight excluding hydrogens is 101 g/mol. The van der Waals surface area contributed by atoms with Crippen LogP contribution in [0.4, 0.5) is 0 Å². The molecule has 0 N–H and O–H groups in total. The van der Waals surface area contributed by atoms with Gasteiger partial charge in [0.05, 0.1) is 0 Å². The lowest BCUT2D eigenvalue weighted by molar-refractivity contribution is 1.52. The van der Waals surface area contributed by atoms with Crippen molar-refractivity contribution < 1.29 is 0 Å². The minimum Gasteiger partial charge on any atom is -0.547 e. The molecule has 0 saturated heterocycles. The molecule has 0 aliphatic carbocycles. The van der Waals surface area contributed by atoms with Crippen LogP contribution in [-0.4, -0.2) is 6.28 Å². The third kappa shape index (κ3) is 0.998. The number of rotatable bonds is 0. The number of hydrogen-bond donors (Lipinski definition) is 0. The van der Waals surface area contributed by atoms with Crippen LogP contribution in [0.3, 0.4) is 0 Å². The van der Waals surface area contributed by atoms with Crippen molar-refractivity contribution in [2.75, 3.05) is 0 Å². The highest BCUT2D eigenvalue weighted by atomic mass is 14.6. The Balaban J connectivity index is 4.42. The summed E-state index contributed by atoms with van der Waals surface area (Å²) < 4.78 is 2.85. The molecule has 0 atom stereocenters. The zero-order valence-electron chi connectivity index (χ0n) is 4.42. The average molecular weight is 104 g/mol. The summed E-state index contributed by atoms with van der Waals surface area (Å²) in [4.78, 5) is 0. The lowest BCUT2D eigenvalue weighted by Crippen LogP contribution is -2.20. The summed E-state index contributed by atoms with van der Waals surface area (Å²) in [5.74, 6) is 3.25. The van der Waals surface area contributed by atoms with Gasteiger partial charge in [0.15, 0.2) is 0 Å². The SMILES string of the molecule is [C-]#[N+][B-](C)(C#N)C#N. The molecule has 0 radical (unpaired) electrons. The van der Waals surface area contributed by atoms with Gasteiger partial charge in [-0.15, -0.1) is 0 Å². The summed E-state index contributed by atoms with van der Waals surface area (Å²) >= 11 is 0. The first-order valence-corrected chi connectivity index (χ1v) is 2.08. The van der Waals surface area contributed by atoms with E-state index in [1.165, 1.54) is 6.82 Å². The van der Waals surface area contributed by atoms with Crippen LogP contribution in [0.25, 0.3) is 4.76 Å². The van der Waals surface area contributed by atoms with Gasteiger partial charge in [-0.25, -0.2) is 10.5 Å². The van der Waals surface area contributed by atoms with Gasteiger partial charge in [0.2, 0.25) is 0 Å². The van der Waals surface area contributed by atoms with Crippen LogP contribution in [0.5, 0.6) is 0 Å². The van der Waals surface area contributed by atoms with E-state index in [9.17, 15) is 0 Å². The number of nitriles is 2. The van der Waals surface area contributed by atoms with Crippen LogP contribution in [0.2, 0.25) is 6.82 Å². The first kappa shape index (κ1) is 6.53. The molecule has 8 heavy (non-hydrogen) atoms. The van der Waals surface area contributed by atoms with Crippen LogP contribution in [0.1, 0.15) is 0 Å². The van der Waals surface area contributed by atoms with E-state index in [0.29, 0.717) is 0 Å². The van der Waals surface area contributed by atoms with Gasteiger partial charge in [-0.3, -0.25) is 0 Å². The number of nitrogens with zero attached hydrogens (tertiary/aromatic N) is 3. The Labute approximate surface area is 47.9 Å². The predicted molar refractivity (Wildman–Crippen MR) is 29.4 cm³/mol. The van der Waals surface area contributed by atoms with Gasteiger partial charge in [0.25, 0.3) is 0 Å². The first-order chi connectivity index (χ1) is 3.68. The maximum Gasteiger partial charge on any atom is 0.528 e. The molecule has 0 aliphatic rings. The quantitative estimate of drug-likeness (QED) is 0.333. The van der Waals surface area contributed by atoms with Crippen LogP contribution >= 0.6 is 0 Å². The van der Waals surface area contributed by atoms with E-state index in [2.05, 4.69) is 4.76 Å². The molecule has 38 valence electrons. The van der Waals surface area contributed by atoms with Gasteiger partial charge >= 0.3 is 6.28 Å². The molecule has 0 rings (SSSR count). The molecule has 0 aromatic carbocycles. The maximum atomic E-state index is 8.13. The zero-order chi connectivity index (χ0) is 6.62. The Kier molecular flexibility index (Phi) is 1.64. The lowest BCUT2D eigenvalue weighted by atomic mass is 9.41. The molecule has 0 spiro atoms. The summed E-state index contributed by atoms with van der Waals surface area (Å²) in [7, 11) is 0. The van der Waals surface area contributed by atoms with Crippen molar-refractivity contribution in [2.45, 2.75) is 6.82 Å². The van der Waals surface area contributed by atoms with Crippen LogP contribution in [0.15, 0.2) is 0 Å². The molecular formula is C4H3BN3-. The lowest BCUT2D eigenvalue weighted by Gasteiger charge is -1.97. The van der Waals surface area contributed by atoms with Crippen molar-refractivity contribution in [3.8, 4) is 11.9 Å². The molecule has 0 unspecified atom stereocenters. The van der Waals surface area contributed by atoms with Crippen molar-refractivity contribution in [2.24, 2.45) is 0 Å². The highest BCUT2D eigenvalue weighted by molar-refractivity contribution is 6.94. The van der Waals surface area contributed by atoms with E-state index in [4.69, 9.17) is 17.1 Å². The fraction of sp³-hybridized carbons (Fsp3) is 0.250. The molecule has 4 heteroatoms. The van der Waals surface area contributed by atoms with E-state index >= 15 is 0 Å². The van der Waals surface area contributed by atoms with E-state index in [1.54, 1.807) is 11.9 Å². The molecule has 0 amide bonds. The Morgan fingerprint density at radius 2 is 1.88 bits per heavy atom. The van der Waals surface area contributed by atoms with Crippen LogP contribution < -0.4 is 0 Å². The molecule has 0 bridgehead atoms. The third-order valence-corrected chi connectivity index (χ3v) is 0.761. The summed E-state index contributed by atoms with van der Waals surface area (Å²) in [5.41, 5.74) is 0. The minimum absolute atomic E-state index is 1.34. The summed E-state index contributed by atoms with van der Waals surface area (Å²) in [6.07, 6.45) is -2.06. The minimum atomic E-state index is -2.06. The Morgan fingerprint density at radius 1 is 1.50 bits per heavy atom. The third-order valence-electron chi connectivity index (χ3n) is 0.761. The fourth-order valence-corrected chi connectivity index (χ4v) is 0.0866. The van der Waals surface area contributed by atoms with Crippen LogP contribution in [0, 0.1) is 29.0 Å². The summed E-state index contributed by atoms with van der Waals surface area (Å²) in [6, 6.07) is 0. The van der Waals surface area contributed by atoms with E-state index < -0.39 is 6.28 Å². The summed E-state index contributed by atoms with van der Waals surface area (Å²) in [5, 5.41) is 16.3. The van der Waals surface area contributed by atoms with Gasteiger partial charge in [0, 0.05) is 0 Å². The second kappa shape index (κ2) is 2.00. The van der Waals surface area contributed by atoms with Crippen LogP contribution in [-0.2, 0) is 0 Å². The highest BCUT2D eigenvalue weighted by Crippen LogP contribution is 1.97. The second-order valence-electron chi connectivity index (χ2n) is 1.63. The second-order valence-corrected chi connectivity index (χ2v) is 1.63. The number of hydrogen-bond acceptors (Lipinski definition) is 2. The molecule has 0 aromatic heterocycles. The van der Waals surface area contributed by atoms with Gasteiger partial charge < -0.3 is 11.3 Å². The maximum absolute atomic E-state index is 8.13. The predicted octanol–water partition coefficient (Wildman–Crippen LogP) is 0.607. The van der Waals surface area contributed by atoms with Crippen molar-refractivity contribution in [1.29, 1.82) is 10.5 Å². The van der Waals surface area contributed by atoms with E-state index in [1.807, 2.05) is 0 Å². The molecule has 3 nitrogen and oxygen atoms in total. The Morgan fingerprint density at radius 3 is 1.88 bits per heavy atom. The Hall–Kier alpha value is -1.47. The molecule has 0 saturated carbocycles. The Bertz CT molecular complexity index is 165. The van der Waals surface area contributed by atoms with Gasteiger partial charge in [0.1, 0.15) is 0 Å². The van der Waals surface area contributed by atoms with Gasteiger partial charge in [-0.05, 0) is 11.9 Å². The fourth-order valence-electron chi connectivity index (χ4n) is 0.0866. The van der Waals surface area contributed by atoms with Crippen molar-refractivity contribution in [3.05, 3.63) is 11.3 Å². The molecule has 0 aliphatic heterocycles. The smallest absolute Gasteiger partial charge is 0.528 e. The highest BCUT2D eigenvalue weighted by Gasteiger charge is 2.26. The van der Waals surface area contributed by atoms with E-state index in [-0.39, 0.29) is 0 Å². The van der Waals surface area contributed by atoms with Crippen molar-refractivity contribution in [1.82, 2.24) is 0 Å². The largest absolute Gasteiger partial charge is 0.547 e. The van der Waals surface area contributed by atoms with E-state index in [0.717, 1.165) is 0 Å². The van der Waals surface area contributed by atoms with Gasteiger partial charge in [-0.1, -0.05) is 6.82 Å². The first-order valence-electron chi connectivity index (χ1n) is 2.08.